The molecule has 0 aliphatic rings. The highest BCUT2D eigenvalue weighted by molar-refractivity contribution is 5.75. The first-order valence-electron chi connectivity index (χ1n) is 5.86. The van der Waals surface area contributed by atoms with Crippen molar-refractivity contribution in [2.45, 2.75) is 39.7 Å². The summed E-state index contributed by atoms with van der Waals surface area (Å²) in [7, 11) is 1.36. The Kier molecular flexibility index (Phi) is 4.70. The second kappa shape index (κ2) is 5.82. The highest BCUT2D eigenvalue weighted by Gasteiger charge is 2.14. The third-order valence-electron chi connectivity index (χ3n) is 3.18. The smallest absolute Gasteiger partial charge is 0.322 e. The van der Waals surface area contributed by atoms with Crippen LogP contribution in [0.3, 0.4) is 0 Å². The van der Waals surface area contributed by atoms with Crippen LogP contribution in [0.2, 0.25) is 0 Å². The van der Waals surface area contributed by atoms with E-state index in [2.05, 4.69) is 37.6 Å². The lowest BCUT2D eigenvalue weighted by molar-refractivity contribution is -0.142. The fourth-order valence-corrected chi connectivity index (χ4v) is 1.87. The van der Waals surface area contributed by atoms with Crippen LogP contribution in [0, 0.1) is 20.8 Å². The van der Waals surface area contributed by atoms with Crippen molar-refractivity contribution in [2.24, 2.45) is 5.73 Å². The molecular weight excluding hydrogens is 214 g/mol. The average Bonchev–Trinajstić information content (AvgIpc) is 2.30. The topological polar surface area (TPSA) is 52.3 Å². The molecule has 94 valence electrons. The van der Waals surface area contributed by atoms with E-state index in [1.807, 2.05) is 0 Å². The van der Waals surface area contributed by atoms with Gasteiger partial charge in [0.05, 0.1) is 7.11 Å². The lowest BCUT2D eigenvalue weighted by atomic mass is 9.96. The molecule has 0 aromatic heterocycles. The zero-order chi connectivity index (χ0) is 13.0. The molecular formula is C14H21NO2. The Hall–Kier alpha value is -1.35. The van der Waals surface area contributed by atoms with Crippen LogP contribution in [0.1, 0.15) is 28.7 Å². The third kappa shape index (κ3) is 3.56. The summed E-state index contributed by atoms with van der Waals surface area (Å²) in [6.07, 6.45) is 1.43. The summed E-state index contributed by atoms with van der Waals surface area (Å²) in [4.78, 5) is 11.2. The van der Waals surface area contributed by atoms with Crippen molar-refractivity contribution in [2.75, 3.05) is 7.11 Å². The van der Waals surface area contributed by atoms with Crippen LogP contribution in [0.15, 0.2) is 12.1 Å². The van der Waals surface area contributed by atoms with Crippen LogP contribution in [0.25, 0.3) is 0 Å². The van der Waals surface area contributed by atoms with Crippen LogP contribution in [0.5, 0.6) is 0 Å². The second-order valence-electron chi connectivity index (χ2n) is 4.53. The molecule has 17 heavy (non-hydrogen) atoms. The summed E-state index contributed by atoms with van der Waals surface area (Å²) in [5.74, 6) is -0.341. The Morgan fingerprint density at radius 1 is 1.24 bits per heavy atom. The SMILES string of the molecule is COC(=O)C(N)CCc1cc(C)c(C)cc1C. The lowest BCUT2D eigenvalue weighted by Crippen LogP contribution is -2.32. The van der Waals surface area contributed by atoms with Crippen LogP contribution in [0.4, 0.5) is 0 Å². The normalized spacial score (nSPS) is 12.3. The quantitative estimate of drug-likeness (QED) is 0.813. The molecule has 0 aliphatic heterocycles. The number of aryl methyl sites for hydroxylation is 4. The van der Waals surface area contributed by atoms with Crippen LogP contribution in [-0.2, 0) is 16.0 Å². The summed E-state index contributed by atoms with van der Waals surface area (Å²) in [5.41, 5.74) is 10.8. The zero-order valence-corrected chi connectivity index (χ0v) is 11.0. The largest absolute Gasteiger partial charge is 0.468 e. The van der Waals surface area contributed by atoms with Crippen LogP contribution < -0.4 is 5.73 Å². The summed E-state index contributed by atoms with van der Waals surface area (Å²) in [6.45, 7) is 6.29. The van der Waals surface area contributed by atoms with Gasteiger partial charge in [-0.15, -0.1) is 0 Å². The Morgan fingerprint density at radius 3 is 2.41 bits per heavy atom. The predicted octanol–water partition coefficient (Wildman–Crippen LogP) is 2.04. The van der Waals surface area contributed by atoms with Gasteiger partial charge in [0.25, 0.3) is 0 Å². The maximum atomic E-state index is 11.2. The summed E-state index contributed by atoms with van der Waals surface area (Å²) >= 11 is 0. The maximum absolute atomic E-state index is 11.2. The minimum absolute atomic E-state index is 0.341. The van der Waals surface area contributed by atoms with E-state index < -0.39 is 6.04 Å². The van der Waals surface area contributed by atoms with Gasteiger partial charge >= 0.3 is 5.97 Å². The van der Waals surface area contributed by atoms with E-state index >= 15 is 0 Å². The first kappa shape index (κ1) is 13.7. The minimum Gasteiger partial charge on any atom is -0.468 e. The number of carbonyl (C=O) groups is 1. The number of rotatable bonds is 4. The van der Waals surface area contributed by atoms with Gasteiger partial charge < -0.3 is 10.5 Å². The van der Waals surface area contributed by atoms with Crippen molar-refractivity contribution < 1.29 is 9.53 Å². The van der Waals surface area contributed by atoms with Crippen molar-refractivity contribution in [1.82, 2.24) is 0 Å². The van der Waals surface area contributed by atoms with Crippen molar-refractivity contribution in [3.05, 3.63) is 34.4 Å². The molecule has 0 heterocycles. The first-order valence-corrected chi connectivity index (χ1v) is 5.86. The molecule has 1 aromatic carbocycles. The molecule has 3 heteroatoms. The lowest BCUT2D eigenvalue weighted by Gasteiger charge is -2.12. The molecule has 2 N–H and O–H groups in total. The van der Waals surface area contributed by atoms with Gasteiger partial charge in [-0.3, -0.25) is 4.79 Å². The van der Waals surface area contributed by atoms with Crippen molar-refractivity contribution in [1.29, 1.82) is 0 Å². The number of esters is 1. The van der Waals surface area contributed by atoms with E-state index in [1.165, 1.54) is 29.4 Å². The molecule has 0 radical (unpaired) electrons. The number of carbonyl (C=O) groups excluding carboxylic acids is 1. The number of hydrogen-bond acceptors (Lipinski definition) is 3. The molecule has 3 nitrogen and oxygen atoms in total. The van der Waals surface area contributed by atoms with Gasteiger partial charge in [-0.1, -0.05) is 12.1 Å². The number of hydrogen-bond donors (Lipinski definition) is 1. The maximum Gasteiger partial charge on any atom is 0.322 e. The molecule has 1 rings (SSSR count). The first-order chi connectivity index (χ1) is 7.95. The van der Waals surface area contributed by atoms with Crippen molar-refractivity contribution in [3.8, 4) is 0 Å². The van der Waals surface area contributed by atoms with Gasteiger partial charge in [0.2, 0.25) is 0 Å². The van der Waals surface area contributed by atoms with E-state index in [-0.39, 0.29) is 5.97 Å². The number of ether oxygens (including phenoxy) is 1. The highest BCUT2D eigenvalue weighted by atomic mass is 16.5. The molecule has 1 unspecified atom stereocenters. The van der Waals surface area contributed by atoms with E-state index in [4.69, 9.17) is 5.73 Å². The van der Waals surface area contributed by atoms with Gasteiger partial charge in [-0.2, -0.15) is 0 Å². The average molecular weight is 235 g/mol. The third-order valence-corrected chi connectivity index (χ3v) is 3.18. The number of benzene rings is 1. The molecule has 0 saturated heterocycles. The molecule has 0 saturated carbocycles. The second-order valence-corrected chi connectivity index (χ2v) is 4.53. The van der Waals surface area contributed by atoms with E-state index in [1.54, 1.807) is 0 Å². The molecule has 0 bridgehead atoms. The van der Waals surface area contributed by atoms with E-state index in [0.29, 0.717) is 6.42 Å². The van der Waals surface area contributed by atoms with Gasteiger partial charge in [0.1, 0.15) is 6.04 Å². The number of methoxy groups -OCH3 is 1. The van der Waals surface area contributed by atoms with E-state index in [0.717, 1.165) is 6.42 Å². The van der Waals surface area contributed by atoms with Gasteiger partial charge in [0, 0.05) is 0 Å². The zero-order valence-electron chi connectivity index (χ0n) is 11.0. The molecule has 0 amide bonds. The standard InChI is InChI=1S/C14H21NO2/c1-9-7-11(3)12(8-10(9)2)5-6-13(15)14(16)17-4/h7-8,13H,5-6,15H2,1-4H3. The Bertz CT molecular complexity index is 413. The molecule has 0 fully saturated rings. The van der Waals surface area contributed by atoms with Crippen molar-refractivity contribution >= 4 is 5.97 Å². The summed E-state index contributed by atoms with van der Waals surface area (Å²) < 4.78 is 4.61. The van der Waals surface area contributed by atoms with E-state index in [9.17, 15) is 4.79 Å². The van der Waals surface area contributed by atoms with Gasteiger partial charge in [-0.25, -0.2) is 0 Å². The number of nitrogens with two attached hydrogens (primary N) is 1. The summed E-state index contributed by atoms with van der Waals surface area (Å²) in [5, 5.41) is 0. The fourth-order valence-electron chi connectivity index (χ4n) is 1.87. The Morgan fingerprint density at radius 2 is 1.82 bits per heavy atom. The summed E-state index contributed by atoms with van der Waals surface area (Å²) in [6, 6.07) is 3.82. The highest BCUT2D eigenvalue weighted by Crippen LogP contribution is 2.17. The molecule has 1 aromatic rings. The van der Waals surface area contributed by atoms with Crippen LogP contribution in [-0.4, -0.2) is 19.1 Å². The van der Waals surface area contributed by atoms with Crippen LogP contribution >= 0.6 is 0 Å². The Labute approximate surface area is 103 Å². The molecule has 0 aliphatic carbocycles. The van der Waals surface area contributed by atoms with Gasteiger partial charge in [0.15, 0.2) is 0 Å². The molecule has 0 spiro atoms. The minimum atomic E-state index is -0.527. The monoisotopic (exact) mass is 235 g/mol. The predicted molar refractivity (Wildman–Crippen MR) is 69.0 cm³/mol. The Balaban J connectivity index is 2.70. The van der Waals surface area contributed by atoms with Crippen molar-refractivity contribution in [3.63, 3.8) is 0 Å². The molecule has 1 atom stereocenters. The fraction of sp³-hybridized carbons (Fsp3) is 0.500. The van der Waals surface area contributed by atoms with Gasteiger partial charge in [-0.05, 0) is 55.9 Å².